The zero-order valence-electron chi connectivity index (χ0n) is 6.91. The van der Waals surface area contributed by atoms with Gasteiger partial charge in [0.15, 0.2) is 0 Å². The van der Waals surface area contributed by atoms with Crippen LogP contribution in [0.3, 0.4) is 0 Å². The Bertz CT molecular complexity index is 284. The Morgan fingerprint density at radius 2 is 2.25 bits per heavy atom. The molecule has 0 fully saturated rings. The van der Waals surface area contributed by atoms with Gasteiger partial charge in [-0.15, -0.1) is 0 Å². The molecule has 1 aromatic carbocycles. The summed E-state index contributed by atoms with van der Waals surface area (Å²) in [6.45, 7) is 5.34. The molecule has 1 aromatic rings. The first kappa shape index (κ1) is 8.72. The van der Waals surface area contributed by atoms with Crippen LogP contribution in [-0.4, -0.2) is 8.05 Å². The highest BCUT2D eigenvalue weighted by Gasteiger charge is 1.98. The highest BCUT2D eigenvalue weighted by atomic mass is 16.5. The Kier molecular flexibility index (Phi) is 2.80. The van der Waals surface area contributed by atoms with E-state index >= 15 is 0 Å². The Morgan fingerprint density at radius 1 is 1.50 bits per heavy atom. The first-order valence-corrected chi connectivity index (χ1v) is 3.53. The molecule has 0 N–H and O–H groups in total. The van der Waals surface area contributed by atoms with Crippen LogP contribution in [0.5, 0.6) is 11.5 Å². The number of hydrogen-bond acceptors (Lipinski definition) is 2. The summed E-state index contributed by atoms with van der Waals surface area (Å²) in [5.41, 5.74) is 0.928. The molecule has 2 nitrogen and oxygen atoms in total. The molecule has 2 radical (unpaired) electrons. The molecule has 0 spiro atoms. The molecule has 0 unspecified atom stereocenters. The average Bonchev–Trinajstić information content (AvgIpc) is 2.05. The minimum Gasteiger partial charge on any atom is -0.568 e. The van der Waals surface area contributed by atoms with Gasteiger partial charge in [0.05, 0.1) is 6.26 Å². The van der Waals surface area contributed by atoms with Gasteiger partial charge in [0.25, 0.3) is 0 Å². The number of hydrogen-bond donors (Lipinski definition) is 0. The van der Waals surface area contributed by atoms with Gasteiger partial charge < -0.3 is 9.39 Å². The fourth-order valence-electron chi connectivity index (χ4n) is 0.924. The Labute approximate surface area is 73.3 Å². The summed E-state index contributed by atoms with van der Waals surface area (Å²) < 4.78 is 9.65. The lowest BCUT2D eigenvalue weighted by atomic mass is 10.2. The van der Waals surface area contributed by atoms with Crippen LogP contribution in [-0.2, 0) is 0 Å². The van der Waals surface area contributed by atoms with Crippen molar-refractivity contribution in [1.82, 2.24) is 0 Å². The topological polar surface area (TPSA) is 18.5 Å². The Hall–Kier alpha value is -1.38. The van der Waals surface area contributed by atoms with E-state index in [2.05, 4.69) is 11.2 Å². The summed E-state index contributed by atoms with van der Waals surface area (Å²) in [4.78, 5) is 0. The molecule has 3 heteroatoms. The number of benzene rings is 1. The van der Waals surface area contributed by atoms with Crippen molar-refractivity contribution in [2.45, 2.75) is 6.92 Å². The van der Waals surface area contributed by atoms with Crippen LogP contribution in [0.1, 0.15) is 5.56 Å². The van der Waals surface area contributed by atoms with Crippen molar-refractivity contribution in [3.05, 3.63) is 36.6 Å². The highest BCUT2D eigenvalue weighted by Crippen LogP contribution is 2.22. The van der Waals surface area contributed by atoms with Crippen LogP contribution in [0.15, 0.2) is 31.0 Å². The minimum atomic E-state index is 0.645. The van der Waals surface area contributed by atoms with E-state index in [9.17, 15) is 0 Å². The zero-order valence-corrected chi connectivity index (χ0v) is 6.91. The van der Waals surface area contributed by atoms with Crippen molar-refractivity contribution in [2.75, 3.05) is 0 Å². The summed E-state index contributed by atoms with van der Waals surface area (Å²) >= 11 is 0. The van der Waals surface area contributed by atoms with Crippen molar-refractivity contribution in [3.8, 4) is 11.5 Å². The van der Waals surface area contributed by atoms with E-state index in [1.807, 2.05) is 13.0 Å². The molecular weight excluding hydrogens is 151 g/mol. The third-order valence-corrected chi connectivity index (χ3v) is 1.49. The second-order valence-corrected chi connectivity index (χ2v) is 2.33. The lowest BCUT2D eigenvalue weighted by Gasteiger charge is -2.06. The molecule has 0 saturated heterocycles. The summed E-state index contributed by atoms with van der Waals surface area (Å²) in [5.74, 6) is 1.37. The van der Waals surface area contributed by atoms with Crippen LogP contribution in [0.4, 0.5) is 0 Å². The molecule has 0 amide bonds. The van der Waals surface area contributed by atoms with Gasteiger partial charge in [-0.1, -0.05) is 6.58 Å². The van der Waals surface area contributed by atoms with E-state index in [-0.39, 0.29) is 0 Å². The standard InChI is InChI=1S/C9H9BO2/c1-3-11-8-4-5-9(12-10)7(2)6-8/h3-6H,1H2,2H3. The zero-order chi connectivity index (χ0) is 8.97. The predicted molar refractivity (Wildman–Crippen MR) is 48.4 cm³/mol. The second-order valence-electron chi connectivity index (χ2n) is 2.33. The second kappa shape index (κ2) is 3.86. The Balaban J connectivity index is 2.93. The maximum absolute atomic E-state index is 5.05. The van der Waals surface area contributed by atoms with Gasteiger partial charge in [0.2, 0.25) is 0 Å². The number of ether oxygens (including phenoxy) is 1. The smallest absolute Gasteiger partial charge is 0.374 e. The van der Waals surface area contributed by atoms with Crippen molar-refractivity contribution >= 4 is 8.05 Å². The normalized spacial score (nSPS) is 9.08. The van der Waals surface area contributed by atoms with Gasteiger partial charge in [-0.05, 0) is 30.7 Å². The largest absolute Gasteiger partial charge is 0.568 e. The summed E-state index contributed by atoms with van der Waals surface area (Å²) in [6, 6.07) is 5.33. The SMILES string of the molecule is [B]Oc1ccc(OC=C)cc1C. The molecule has 1 rings (SSSR count). The fraction of sp³-hybridized carbons (Fsp3) is 0.111. The summed E-state index contributed by atoms with van der Waals surface area (Å²) in [5, 5.41) is 0. The van der Waals surface area contributed by atoms with Crippen LogP contribution in [0.25, 0.3) is 0 Å². The van der Waals surface area contributed by atoms with Gasteiger partial charge in [-0.2, -0.15) is 0 Å². The van der Waals surface area contributed by atoms with Crippen molar-refractivity contribution < 1.29 is 9.39 Å². The van der Waals surface area contributed by atoms with Gasteiger partial charge in [-0.25, -0.2) is 0 Å². The first-order valence-electron chi connectivity index (χ1n) is 3.53. The molecule has 0 aliphatic heterocycles. The lowest BCUT2D eigenvalue weighted by molar-refractivity contribution is 0.481. The van der Waals surface area contributed by atoms with Crippen LogP contribution in [0.2, 0.25) is 0 Å². The van der Waals surface area contributed by atoms with E-state index < -0.39 is 0 Å². The molecular formula is C9H9BO2. The van der Waals surface area contributed by atoms with E-state index in [4.69, 9.17) is 12.8 Å². The maximum atomic E-state index is 5.05. The summed E-state index contributed by atoms with van der Waals surface area (Å²) in [6.07, 6.45) is 1.37. The van der Waals surface area contributed by atoms with E-state index in [1.54, 1.807) is 12.1 Å². The molecule has 0 bridgehead atoms. The van der Waals surface area contributed by atoms with E-state index in [1.165, 1.54) is 6.26 Å². The van der Waals surface area contributed by atoms with E-state index in [0.717, 1.165) is 11.3 Å². The molecule has 0 saturated carbocycles. The maximum Gasteiger partial charge on any atom is 0.374 e. The third kappa shape index (κ3) is 1.81. The van der Waals surface area contributed by atoms with Crippen molar-refractivity contribution in [3.63, 3.8) is 0 Å². The van der Waals surface area contributed by atoms with E-state index in [0.29, 0.717) is 5.75 Å². The van der Waals surface area contributed by atoms with Gasteiger partial charge in [0.1, 0.15) is 11.5 Å². The van der Waals surface area contributed by atoms with Crippen molar-refractivity contribution in [1.29, 1.82) is 0 Å². The average molecular weight is 160 g/mol. The molecule has 0 aliphatic carbocycles. The fourth-order valence-corrected chi connectivity index (χ4v) is 0.924. The number of aryl methyl sites for hydroxylation is 1. The van der Waals surface area contributed by atoms with Crippen LogP contribution < -0.4 is 9.39 Å². The molecule has 60 valence electrons. The third-order valence-electron chi connectivity index (χ3n) is 1.49. The minimum absolute atomic E-state index is 0.645. The predicted octanol–water partition coefficient (Wildman–Crippen LogP) is 1.98. The molecule has 0 heterocycles. The molecule has 0 aliphatic rings. The molecule has 0 atom stereocenters. The highest BCUT2D eigenvalue weighted by molar-refractivity contribution is 6.00. The van der Waals surface area contributed by atoms with Crippen LogP contribution in [0, 0.1) is 6.92 Å². The molecule has 12 heavy (non-hydrogen) atoms. The van der Waals surface area contributed by atoms with Gasteiger partial charge >= 0.3 is 8.05 Å². The van der Waals surface area contributed by atoms with Crippen LogP contribution >= 0.6 is 0 Å². The van der Waals surface area contributed by atoms with Gasteiger partial charge in [0, 0.05) is 0 Å². The first-order chi connectivity index (χ1) is 5.77. The monoisotopic (exact) mass is 160 g/mol. The van der Waals surface area contributed by atoms with Gasteiger partial charge in [-0.3, -0.25) is 0 Å². The number of rotatable bonds is 3. The Morgan fingerprint density at radius 3 is 2.75 bits per heavy atom. The summed E-state index contributed by atoms with van der Waals surface area (Å²) in [7, 11) is 5.01. The van der Waals surface area contributed by atoms with Crippen molar-refractivity contribution in [2.24, 2.45) is 0 Å². The lowest BCUT2D eigenvalue weighted by Crippen LogP contribution is -1.89. The molecule has 0 aromatic heterocycles. The quantitative estimate of drug-likeness (QED) is 0.497.